The van der Waals surface area contributed by atoms with E-state index >= 15 is 0 Å². The second-order valence-corrected chi connectivity index (χ2v) is 5.80. The van der Waals surface area contributed by atoms with Crippen LogP contribution in [-0.2, 0) is 6.54 Å². The summed E-state index contributed by atoms with van der Waals surface area (Å²) in [5.74, 6) is -0.128. The number of aryl methyl sites for hydroxylation is 1. The lowest BCUT2D eigenvalue weighted by Gasteiger charge is -2.34. The Morgan fingerprint density at radius 3 is 2.52 bits per heavy atom. The summed E-state index contributed by atoms with van der Waals surface area (Å²) >= 11 is 0. The molecule has 120 valence electrons. The molecule has 0 spiro atoms. The van der Waals surface area contributed by atoms with Gasteiger partial charge in [-0.2, -0.15) is 5.10 Å². The van der Waals surface area contributed by atoms with Crippen LogP contribution in [-0.4, -0.2) is 52.1 Å². The molecule has 0 bridgehead atoms. The van der Waals surface area contributed by atoms with Crippen molar-refractivity contribution in [2.45, 2.75) is 13.5 Å². The van der Waals surface area contributed by atoms with Gasteiger partial charge in [0, 0.05) is 38.8 Å². The molecule has 1 aromatic heterocycles. The van der Waals surface area contributed by atoms with E-state index in [-0.39, 0.29) is 17.2 Å². The van der Waals surface area contributed by atoms with Crippen LogP contribution in [0.1, 0.15) is 21.6 Å². The highest BCUT2D eigenvalue weighted by Crippen LogP contribution is 2.13. The Labute approximate surface area is 134 Å². The van der Waals surface area contributed by atoms with Crippen molar-refractivity contribution >= 4 is 5.91 Å². The first kappa shape index (κ1) is 15.4. The van der Waals surface area contributed by atoms with Gasteiger partial charge in [-0.1, -0.05) is 24.3 Å². The largest absolute Gasteiger partial charge is 0.335 e. The van der Waals surface area contributed by atoms with E-state index in [9.17, 15) is 9.59 Å². The SMILES string of the molecule is Cc1ccccc1CN1CCN(C(=O)c2ccc(=O)[nH]n2)CC1. The van der Waals surface area contributed by atoms with Crippen molar-refractivity contribution in [3.05, 3.63) is 63.6 Å². The van der Waals surface area contributed by atoms with Gasteiger partial charge in [-0.15, -0.1) is 0 Å². The Morgan fingerprint density at radius 1 is 1.13 bits per heavy atom. The number of piperazine rings is 1. The smallest absolute Gasteiger partial charge is 0.274 e. The maximum atomic E-state index is 12.4. The number of nitrogens with zero attached hydrogens (tertiary/aromatic N) is 3. The highest BCUT2D eigenvalue weighted by Gasteiger charge is 2.23. The number of aromatic amines is 1. The van der Waals surface area contributed by atoms with Gasteiger partial charge in [0.05, 0.1) is 0 Å². The highest BCUT2D eigenvalue weighted by atomic mass is 16.2. The number of rotatable bonds is 3. The van der Waals surface area contributed by atoms with Crippen LogP contribution in [0, 0.1) is 6.92 Å². The summed E-state index contributed by atoms with van der Waals surface area (Å²) < 4.78 is 0. The number of nitrogens with one attached hydrogen (secondary N) is 1. The van der Waals surface area contributed by atoms with Crippen molar-refractivity contribution in [1.82, 2.24) is 20.0 Å². The molecule has 0 unspecified atom stereocenters. The molecule has 3 rings (SSSR count). The Balaban J connectivity index is 1.58. The summed E-state index contributed by atoms with van der Waals surface area (Å²) in [6, 6.07) is 11.2. The molecule has 2 heterocycles. The maximum Gasteiger partial charge on any atom is 0.274 e. The van der Waals surface area contributed by atoms with Crippen molar-refractivity contribution in [3.63, 3.8) is 0 Å². The standard InChI is InChI=1S/C17H20N4O2/c1-13-4-2-3-5-14(13)12-20-8-10-21(11-9-20)17(23)15-6-7-16(22)19-18-15/h2-7H,8-12H2,1H3,(H,19,22). The summed E-state index contributed by atoms with van der Waals surface area (Å²) in [5, 5.41) is 6.11. The van der Waals surface area contributed by atoms with Crippen LogP contribution >= 0.6 is 0 Å². The molecule has 1 aromatic carbocycles. The second-order valence-electron chi connectivity index (χ2n) is 5.80. The van der Waals surface area contributed by atoms with Gasteiger partial charge < -0.3 is 4.90 Å². The maximum absolute atomic E-state index is 12.4. The molecule has 1 N–H and O–H groups in total. The van der Waals surface area contributed by atoms with Gasteiger partial charge in [0.15, 0.2) is 0 Å². The van der Waals surface area contributed by atoms with Crippen LogP contribution in [0.5, 0.6) is 0 Å². The number of aromatic nitrogens is 2. The fourth-order valence-corrected chi connectivity index (χ4v) is 2.76. The Bertz CT molecular complexity index is 728. The van der Waals surface area contributed by atoms with Crippen molar-refractivity contribution in [3.8, 4) is 0 Å². The summed E-state index contributed by atoms with van der Waals surface area (Å²) in [4.78, 5) is 27.5. The number of H-pyrrole nitrogens is 1. The van der Waals surface area contributed by atoms with E-state index in [0.717, 1.165) is 19.6 Å². The lowest BCUT2D eigenvalue weighted by molar-refractivity contribution is 0.0621. The van der Waals surface area contributed by atoms with E-state index in [0.29, 0.717) is 13.1 Å². The van der Waals surface area contributed by atoms with E-state index < -0.39 is 0 Å². The van der Waals surface area contributed by atoms with E-state index in [1.807, 2.05) is 6.07 Å². The van der Waals surface area contributed by atoms with Gasteiger partial charge in [0.1, 0.15) is 5.69 Å². The van der Waals surface area contributed by atoms with Crippen LogP contribution in [0.25, 0.3) is 0 Å². The number of carbonyl (C=O) groups excluding carboxylic acids is 1. The first-order valence-electron chi connectivity index (χ1n) is 7.75. The molecular weight excluding hydrogens is 292 g/mol. The molecule has 0 radical (unpaired) electrons. The normalized spacial score (nSPS) is 15.6. The molecule has 1 aliphatic heterocycles. The van der Waals surface area contributed by atoms with E-state index in [1.165, 1.54) is 23.3 Å². The van der Waals surface area contributed by atoms with Gasteiger partial charge in [-0.05, 0) is 24.1 Å². The molecule has 1 fully saturated rings. The minimum Gasteiger partial charge on any atom is -0.335 e. The Hall–Kier alpha value is -2.47. The first-order valence-corrected chi connectivity index (χ1v) is 7.75. The number of hydrogen-bond donors (Lipinski definition) is 1. The van der Waals surface area contributed by atoms with Crippen LogP contribution in [0.2, 0.25) is 0 Å². The van der Waals surface area contributed by atoms with Gasteiger partial charge in [0.25, 0.3) is 11.5 Å². The molecule has 6 heteroatoms. The fourth-order valence-electron chi connectivity index (χ4n) is 2.76. The topological polar surface area (TPSA) is 69.3 Å². The van der Waals surface area contributed by atoms with Crippen LogP contribution < -0.4 is 5.56 Å². The third-order valence-corrected chi connectivity index (χ3v) is 4.21. The quantitative estimate of drug-likeness (QED) is 0.919. The predicted octanol–water partition coefficient (Wildman–Crippen LogP) is 1.04. The molecule has 0 aliphatic carbocycles. The third-order valence-electron chi connectivity index (χ3n) is 4.21. The fraction of sp³-hybridized carbons (Fsp3) is 0.353. The third kappa shape index (κ3) is 3.65. The molecule has 23 heavy (non-hydrogen) atoms. The summed E-state index contributed by atoms with van der Waals surface area (Å²) in [5.41, 5.74) is 2.61. The molecule has 1 saturated heterocycles. The molecule has 2 aromatic rings. The lowest BCUT2D eigenvalue weighted by atomic mass is 10.1. The van der Waals surface area contributed by atoms with Crippen LogP contribution in [0.15, 0.2) is 41.2 Å². The monoisotopic (exact) mass is 312 g/mol. The molecule has 1 amide bonds. The Morgan fingerprint density at radius 2 is 1.87 bits per heavy atom. The Kier molecular flexibility index (Phi) is 4.52. The average molecular weight is 312 g/mol. The average Bonchev–Trinajstić information content (AvgIpc) is 2.58. The minimum atomic E-state index is -0.301. The van der Waals surface area contributed by atoms with Crippen molar-refractivity contribution in [2.75, 3.05) is 26.2 Å². The van der Waals surface area contributed by atoms with Crippen molar-refractivity contribution in [2.24, 2.45) is 0 Å². The number of hydrogen-bond acceptors (Lipinski definition) is 4. The number of amides is 1. The molecule has 0 saturated carbocycles. The van der Waals surface area contributed by atoms with E-state index in [2.05, 4.69) is 40.2 Å². The van der Waals surface area contributed by atoms with E-state index in [4.69, 9.17) is 0 Å². The van der Waals surface area contributed by atoms with Gasteiger partial charge in [-0.3, -0.25) is 14.5 Å². The molecule has 1 aliphatic rings. The van der Waals surface area contributed by atoms with Crippen LogP contribution in [0.4, 0.5) is 0 Å². The van der Waals surface area contributed by atoms with Crippen molar-refractivity contribution in [1.29, 1.82) is 0 Å². The predicted molar refractivity (Wildman–Crippen MR) is 87.2 cm³/mol. The van der Waals surface area contributed by atoms with Crippen molar-refractivity contribution < 1.29 is 4.79 Å². The zero-order valence-corrected chi connectivity index (χ0v) is 13.2. The summed E-state index contributed by atoms with van der Waals surface area (Å²) in [6.45, 7) is 6.05. The molecule has 6 nitrogen and oxygen atoms in total. The summed E-state index contributed by atoms with van der Waals surface area (Å²) in [7, 11) is 0. The van der Waals surface area contributed by atoms with Gasteiger partial charge >= 0.3 is 0 Å². The zero-order valence-electron chi connectivity index (χ0n) is 13.2. The minimum absolute atomic E-state index is 0.128. The highest BCUT2D eigenvalue weighted by molar-refractivity contribution is 5.92. The number of carbonyl (C=O) groups is 1. The van der Waals surface area contributed by atoms with Gasteiger partial charge in [-0.25, -0.2) is 5.10 Å². The van der Waals surface area contributed by atoms with Crippen LogP contribution in [0.3, 0.4) is 0 Å². The molecular formula is C17H20N4O2. The first-order chi connectivity index (χ1) is 11.1. The number of benzene rings is 1. The second kappa shape index (κ2) is 6.75. The van der Waals surface area contributed by atoms with Gasteiger partial charge in [0.2, 0.25) is 0 Å². The molecule has 0 atom stereocenters. The zero-order chi connectivity index (χ0) is 16.2. The summed E-state index contributed by atoms with van der Waals surface area (Å²) in [6.07, 6.45) is 0. The van der Waals surface area contributed by atoms with E-state index in [1.54, 1.807) is 4.90 Å². The lowest BCUT2D eigenvalue weighted by Crippen LogP contribution is -2.48.